The maximum absolute atomic E-state index is 13.5. The van der Waals surface area contributed by atoms with Crippen molar-refractivity contribution in [3.8, 4) is 5.75 Å². The number of fused-ring (bicyclic) bond motifs is 1. The number of hydrogen-bond acceptors (Lipinski definition) is 6. The molecule has 1 unspecified atom stereocenters. The van der Waals surface area contributed by atoms with E-state index in [0.29, 0.717) is 36.9 Å². The predicted molar refractivity (Wildman–Crippen MR) is 125 cm³/mol. The molecule has 1 aliphatic heterocycles. The van der Waals surface area contributed by atoms with Gasteiger partial charge < -0.3 is 9.47 Å². The number of benzene rings is 2. The number of carbonyl (C=O) groups excluding carboxylic acids is 1. The molecule has 0 fully saturated rings. The third-order valence-electron chi connectivity index (χ3n) is 5.11. The number of allylic oxidation sites excluding steroid dienone is 1. The van der Waals surface area contributed by atoms with Gasteiger partial charge in [0.2, 0.25) is 0 Å². The number of ether oxygens (including phenoxy) is 2. The number of rotatable bonds is 5. The van der Waals surface area contributed by atoms with Crippen LogP contribution in [-0.2, 0) is 9.53 Å². The molecule has 1 aromatic heterocycles. The fourth-order valence-electron chi connectivity index (χ4n) is 3.67. The van der Waals surface area contributed by atoms with Crippen molar-refractivity contribution >= 4 is 35.0 Å². The van der Waals surface area contributed by atoms with Crippen LogP contribution in [0.1, 0.15) is 31.0 Å². The zero-order valence-electron chi connectivity index (χ0n) is 17.8. The summed E-state index contributed by atoms with van der Waals surface area (Å²) in [6.07, 6.45) is 1.79. The van der Waals surface area contributed by atoms with Crippen molar-refractivity contribution in [2.75, 3.05) is 13.7 Å². The zero-order valence-corrected chi connectivity index (χ0v) is 19.4. The number of esters is 1. The number of thiazole rings is 1. The molecule has 0 saturated carbocycles. The average molecular weight is 469 g/mol. The third-order valence-corrected chi connectivity index (χ3v) is 6.44. The molecule has 0 spiro atoms. The van der Waals surface area contributed by atoms with E-state index in [9.17, 15) is 9.59 Å². The first-order chi connectivity index (χ1) is 15.4. The molecule has 32 heavy (non-hydrogen) atoms. The molecule has 8 heteroatoms. The number of hydrogen-bond donors (Lipinski definition) is 0. The second kappa shape index (κ2) is 9.14. The Balaban J connectivity index is 1.97. The molecule has 164 valence electrons. The van der Waals surface area contributed by atoms with Crippen LogP contribution in [0.5, 0.6) is 5.75 Å². The summed E-state index contributed by atoms with van der Waals surface area (Å²) in [6, 6.07) is 13.9. The molecule has 1 aliphatic rings. The lowest BCUT2D eigenvalue weighted by atomic mass is 9.96. The van der Waals surface area contributed by atoms with Gasteiger partial charge in [0.25, 0.3) is 5.56 Å². The Kier molecular flexibility index (Phi) is 6.30. The number of aromatic nitrogens is 1. The standard InChI is InChI=1S/C24H21ClN2O4S/c1-4-31-23(29)20-14(2)26-24-27(21(20)17-10-5-6-11-18(17)25)22(28)19(32-24)13-15-8-7-9-16(12-15)30-3/h5-13,21H,4H2,1-3H3/b19-13-. The second-order valence-electron chi connectivity index (χ2n) is 7.10. The fourth-order valence-corrected chi connectivity index (χ4v) is 4.95. The molecular weight excluding hydrogens is 448 g/mol. The van der Waals surface area contributed by atoms with E-state index in [1.165, 1.54) is 15.9 Å². The predicted octanol–water partition coefficient (Wildman–Crippen LogP) is 3.46. The van der Waals surface area contributed by atoms with Gasteiger partial charge in [-0.25, -0.2) is 9.79 Å². The van der Waals surface area contributed by atoms with Crippen molar-refractivity contribution in [3.63, 3.8) is 0 Å². The molecule has 0 saturated heterocycles. The Morgan fingerprint density at radius 1 is 1.25 bits per heavy atom. The number of carbonyl (C=O) groups is 1. The fraction of sp³-hybridized carbons (Fsp3) is 0.208. The first-order valence-electron chi connectivity index (χ1n) is 10.0. The van der Waals surface area contributed by atoms with Gasteiger partial charge in [-0.05, 0) is 49.2 Å². The second-order valence-corrected chi connectivity index (χ2v) is 8.52. The highest BCUT2D eigenvalue weighted by Crippen LogP contribution is 2.34. The summed E-state index contributed by atoms with van der Waals surface area (Å²) in [5.41, 5.74) is 2.02. The first-order valence-corrected chi connectivity index (χ1v) is 11.2. The Hall–Kier alpha value is -3.16. The van der Waals surface area contributed by atoms with Gasteiger partial charge >= 0.3 is 5.97 Å². The maximum Gasteiger partial charge on any atom is 0.338 e. The van der Waals surface area contributed by atoms with Crippen molar-refractivity contribution in [2.45, 2.75) is 19.9 Å². The first kappa shape index (κ1) is 22.0. The van der Waals surface area contributed by atoms with Crippen molar-refractivity contribution in [1.29, 1.82) is 0 Å². The Morgan fingerprint density at radius 3 is 2.75 bits per heavy atom. The zero-order chi connectivity index (χ0) is 22.8. The van der Waals surface area contributed by atoms with Crippen LogP contribution in [0.15, 0.2) is 69.6 Å². The molecule has 2 heterocycles. The van der Waals surface area contributed by atoms with Crippen LogP contribution in [0.3, 0.4) is 0 Å². The van der Waals surface area contributed by atoms with Crippen LogP contribution in [0.4, 0.5) is 0 Å². The summed E-state index contributed by atoms with van der Waals surface area (Å²) in [5, 5.41) is 0.455. The lowest BCUT2D eigenvalue weighted by Crippen LogP contribution is -2.40. The summed E-state index contributed by atoms with van der Waals surface area (Å²) in [6.45, 7) is 3.70. The van der Waals surface area contributed by atoms with Crippen molar-refractivity contribution in [3.05, 3.63) is 95.6 Å². The smallest absolute Gasteiger partial charge is 0.338 e. The van der Waals surface area contributed by atoms with E-state index in [4.69, 9.17) is 21.1 Å². The minimum atomic E-state index is -0.730. The van der Waals surface area contributed by atoms with Gasteiger partial charge in [0.1, 0.15) is 11.8 Å². The SMILES string of the molecule is CCOC(=O)C1=C(C)N=c2s/c(=C\c3cccc(OC)c3)c(=O)n2C1c1ccccc1Cl. The van der Waals surface area contributed by atoms with Crippen molar-refractivity contribution in [1.82, 2.24) is 4.57 Å². The molecule has 0 bridgehead atoms. The van der Waals surface area contributed by atoms with E-state index >= 15 is 0 Å². The lowest BCUT2D eigenvalue weighted by molar-refractivity contribution is -0.139. The normalized spacial score (nSPS) is 15.9. The van der Waals surface area contributed by atoms with E-state index in [-0.39, 0.29) is 12.2 Å². The van der Waals surface area contributed by atoms with Gasteiger partial charge in [-0.1, -0.05) is 53.3 Å². The van der Waals surface area contributed by atoms with E-state index in [0.717, 1.165) is 5.56 Å². The maximum atomic E-state index is 13.5. The van der Waals surface area contributed by atoms with Gasteiger partial charge in [0, 0.05) is 5.02 Å². The summed E-state index contributed by atoms with van der Waals surface area (Å²) >= 11 is 7.77. The lowest BCUT2D eigenvalue weighted by Gasteiger charge is -2.25. The summed E-state index contributed by atoms with van der Waals surface area (Å²) in [4.78, 5) is 31.5. The largest absolute Gasteiger partial charge is 0.497 e. The Labute approximate surface area is 193 Å². The third kappa shape index (κ3) is 4.01. The molecule has 0 N–H and O–H groups in total. The van der Waals surface area contributed by atoms with Gasteiger partial charge in [0.05, 0.1) is 29.5 Å². The molecule has 3 aromatic rings. The highest BCUT2D eigenvalue weighted by molar-refractivity contribution is 7.07. The van der Waals surface area contributed by atoms with Crippen LogP contribution in [0, 0.1) is 0 Å². The summed E-state index contributed by atoms with van der Waals surface area (Å²) < 4.78 is 12.6. The van der Waals surface area contributed by atoms with Crippen molar-refractivity contribution < 1.29 is 14.3 Å². The van der Waals surface area contributed by atoms with E-state index in [1.54, 1.807) is 39.2 Å². The van der Waals surface area contributed by atoms with Gasteiger partial charge in [-0.15, -0.1) is 0 Å². The quantitative estimate of drug-likeness (QED) is 0.538. The summed E-state index contributed by atoms with van der Waals surface area (Å²) in [5.74, 6) is 0.182. The molecule has 6 nitrogen and oxygen atoms in total. The van der Waals surface area contributed by atoms with Gasteiger partial charge in [0.15, 0.2) is 4.80 Å². The van der Waals surface area contributed by atoms with E-state index < -0.39 is 12.0 Å². The Bertz CT molecular complexity index is 1400. The van der Waals surface area contributed by atoms with Gasteiger partial charge in [-0.3, -0.25) is 9.36 Å². The van der Waals surface area contributed by atoms with Crippen LogP contribution in [0.2, 0.25) is 5.02 Å². The van der Waals surface area contributed by atoms with Crippen LogP contribution < -0.4 is 19.6 Å². The summed E-state index contributed by atoms with van der Waals surface area (Å²) in [7, 11) is 1.59. The highest BCUT2D eigenvalue weighted by atomic mass is 35.5. The molecule has 0 aliphatic carbocycles. The number of nitrogens with zero attached hydrogens (tertiary/aromatic N) is 2. The van der Waals surface area contributed by atoms with Crippen molar-refractivity contribution in [2.24, 2.45) is 4.99 Å². The van der Waals surface area contributed by atoms with Crippen LogP contribution in [-0.4, -0.2) is 24.3 Å². The van der Waals surface area contributed by atoms with E-state index in [2.05, 4.69) is 4.99 Å². The Morgan fingerprint density at radius 2 is 2.03 bits per heavy atom. The molecule has 2 aromatic carbocycles. The van der Waals surface area contributed by atoms with E-state index in [1.807, 2.05) is 36.4 Å². The van der Waals surface area contributed by atoms with Crippen LogP contribution >= 0.6 is 22.9 Å². The number of methoxy groups -OCH3 is 1. The monoisotopic (exact) mass is 468 g/mol. The van der Waals surface area contributed by atoms with Gasteiger partial charge in [-0.2, -0.15) is 0 Å². The molecule has 4 rings (SSSR count). The minimum Gasteiger partial charge on any atom is -0.497 e. The number of halogens is 1. The minimum absolute atomic E-state index is 0.213. The van der Waals surface area contributed by atoms with Crippen LogP contribution in [0.25, 0.3) is 6.08 Å². The molecular formula is C24H21ClN2O4S. The molecule has 0 radical (unpaired) electrons. The average Bonchev–Trinajstić information content (AvgIpc) is 3.08. The highest BCUT2D eigenvalue weighted by Gasteiger charge is 2.34. The molecule has 0 amide bonds. The molecule has 1 atom stereocenters. The topological polar surface area (TPSA) is 69.9 Å².